The standard InChI is InChI=1S/C23H29Cl3N2O/c1-16(6-5-13-24)28-15-17(23(29)27-19-7-3-2-4-8-19)9-12-22(28)20-11-10-18(25)14-21(20)26/h5-6,10-11,13-14,17,19,22H,2-4,7-9,12,15H2,1H3,(H,27,29)/t17-,22+/m1/s1. The third-order valence-electron chi connectivity index (χ3n) is 6.09. The number of carbonyl (C=O) groups excluding carboxylic acids is 1. The first-order chi connectivity index (χ1) is 14.0. The zero-order chi connectivity index (χ0) is 20.8. The SMILES string of the molecule is CC(=CC=CCl)N1C[C@H](C(=O)NC2CCCCC2)CC[C@H]1c1ccc(Cl)cc1Cl. The molecule has 1 aliphatic heterocycles. The number of hydrogen-bond acceptors (Lipinski definition) is 2. The number of halogens is 3. The smallest absolute Gasteiger partial charge is 0.225 e. The fourth-order valence-corrected chi connectivity index (χ4v) is 5.11. The first-order valence-corrected chi connectivity index (χ1v) is 11.6. The van der Waals surface area contributed by atoms with Crippen molar-refractivity contribution in [2.45, 2.75) is 64.0 Å². The fourth-order valence-electron chi connectivity index (χ4n) is 4.51. The fraction of sp³-hybridized carbons (Fsp3) is 0.522. The van der Waals surface area contributed by atoms with E-state index < -0.39 is 0 Å². The number of hydrogen-bond donors (Lipinski definition) is 1. The van der Waals surface area contributed by atoms with Gasteiger partial charge in [0, 0.05) is 33.9 Å². The van der Waals surface area contributed by atoms with E-state index in [9.17, 15) is 4.79 Å². The van der Waals surface area contributed by atoms with Gasteiger partial charge in [-0.05, 0) is 62.5 Å². The number of allylic oxidation sites excluding steroid dienone is 3. The predicted molar refractivity (Wildman–Crippen MR) is 122 cm³/mol. The van der Waals surface area contributed by atoms with E-state index in [-0.39, 0.29) is 17.9 Å². The summed E-state index contributed by atoms with van der Waals surface area (Å²) < 4.78 is 0. The van der Waals surface area contributed by atoms with E-state index in [2.05, 4.69) is 17.1 Å². The van der Waals surface area contributed by atoms with Crippen molar-refractivity contribution in [1.29, 1.82) is 0 Å². The second-order valence-corrected chi connectivity index (χ2v) is 9.17. The lowest BCUT2D eigenvalue weighted by atomic mass is 9.87. The van der Waals surface area contributed by atoms with E-state index >= 15 is 0 Å². The van der Waals surface area contributed by atoms with Gasteiger partial charge in [-0.15, -0.1) is 0 Å². The molecular weight excluding hydrogens is 427 g/mol. The van der Waals surface area contributed by atoms with Crippen molar-refractivity contribution in [3.05, 3.63) is 57.2 Å². The molecule has 1 amide bonds. The largest absolute Gasteiger partial charge is 0.367 e. The Kier molecular flexibility index (Phi) is 8.35. The Hall–Kier alpha value is -1.16. The van der Waals surface area contributed by atoms with Crippen molar-refractivity contribution in [3.63, 3.8) is 0 Å². The van der Waals surface area contributed by atoms with E-state index in [1.807, 2.05) is 24.3 Å². The molecule has 3 rings (SSSR count). The monoisotopic (exact) mass is 454 g/mol. The number of nitrogens with one attached hydrogen (secondary N) is 1. The molecule has 1 saturated carbocycles. The summed E-state index contributed by atoms with van der Waals surface area (Å²) in [7, 11) is 0. The van der Waals surface area contributed by atoms with Gasteiger partial charge in [0.25, 0.3) is 0 Å². The normalized spacial score (nSPS) is 24.1. The summed E-state index contributed by atoms with van der Waals surface area (Å²) in [5, 5.41) is 4.59. The Morgan fingerprint density at radius 2 is 1.90 bits per heavy atom. The first kappa shape index (κ1) is 22.5. The highest BCUT2D eigenvalue weighted by Gasteiger charge is 2.34. The predicted octanol–water partition coefficient (Wildman–Crippen LogP) is 6.85. The van der Waals surface area contributed by atoms with Crippen LogP contribution in [-0.4, -0.2) is 23.4 Å². The van der Waals surface area contributed by atoms with Crippen LogP contribution in [0.25, 0.3) is 0 Å². The molecule has 0 unspecified atom stereocenters. The maximum absolute atomic E-state index is 13.0. The summed E-state index contributed by atoms with van der Waals surface area (Å²) in [5.74, 6) is 0.158. The maximum Gasteiger partial charge on any atom is 0.225 e. The number of rotatable bonds is 5. The highest BCUT2D eigenvalue weighted by atomic mass is 35.5. The van der Waals surface area contributed by atoms with Crippen LogP contribution in [0.4, 0.5) is 0 Å². The molecule has 0 bridgehead atoms. The molecule has 3 nitrogen and oxygen atoms in total. The van der Waals surface area contributed by atoms with Crippen molar-refractivity contribution in [2.24, 2.45) is 5.92 Å². The number of carbonyl (C=O) groups is 1. The first-order valence-electron chi connectivity index (χ1n) is 10.4. The van der Waals surface area contributed by atoms with E-state index in [0.717, 1.165) is 36.9 Å². The molecule has 1 aromatic carbocycles. The Morgan fingerprint density at radius 3 is 2.59 bits per heavy atom. The summed E-state index contributed by atoms with van der Waals surface area (Å²) in [4.78, 5) is 15.2. The summed E-state index contributed by atoms with van der Waals surface area (Å²) in [6.07, 6.45) is 11.4. The molecule has 0 radical (unpaired) electrons. The lowest BCUT2D eigenvalue weighted by molar-refractivity contribution is -0.127. The summed E-state index contributed by atoms with van der Waals surface area (Å²) in [6, 6.07) is 6.11. The quantitative estimate of drug-likeness (QED) is 0.492. The van der Waals surface area contributed by atoms with E-state index in [1.165, 1.54) is 24.8 Å². The maximum atomic E-state index is 13.0. The van der Waals surface area contributed by atoms with Gasteiger partial charge in [0.15, 0.2) is 0 Å². The molecule has 2 atom stereocenters. The van der Waals surface area contributed by atoms with Gasteiger partial charge in [0.05, 0.1) is 12.0 Å². The van der Waals surface area contributed by atoms with Crippen LogP contribution in [0.1, 0.15) is 63.5 Å². The lowest BCUT2D eigenvalue weighted by Gasteiger charge is -2.42. The highest BCUT2D eigenvalue weighted by Crippen LogP contribution is 2.39. The molecule has 2 fully saturated rings. The van der Waals surface area contributed by atoms with Gasteiger partial charge in [-0.3, -0.25) is 4.79 Å². The van der Waals surface area contributed by atoms with Crippen molar-refractivity contribution in [1.82, 2.24) is 10.2 Å². The van der Waals surface area contributed by atoms with Crippen molar-refractivity contribution in [2.75, 3.05) is 6.54 Å². The van der Waals surface area contributed by atoms with Gasteiger partial charge < -0.3 is 10.2 Å². The van der Waals surface area contributed by atoms with Gasteiger partial charge in [0.2, 0.25) is 5.91 Å². The van der Waals surface area contributed by atoms with Gasteiger partial charge in [-0.2, -0.15) is 0 Å². The number of piperidine rings is 1. The molecule has 6 heteroatoms. The zero-order valence-corrected chi connectivity index (χ0v) is 19.1. The van der Waals surface area contributed by atoms with Crippen LogP contribution in [0.3, 0.4) is 0 Å². The molecule has 1 aliphatic carbocycles. The minimum absolute atomic E-state index is 0.0254. The van der Waals surface area contributed by atoms with Crippen LogP contribution in [0, 0.1) is 5.92 Å². The molecule has 158 valence electrons. The summed E-state index contributed by atoms with van der Waals surface area (Å²) in [5.41, 5.74) is 3.60. The van der Waals surface area contributed by atoms with E-state index in [1.54, 1.807) is 6.07 Å². The summed E-state index contributed by atoms with van der Waals surface area (Å²) in [6.45, 7) is 2.72. The van der Waals surface area contributed by atoms with Crippen LogP contribution in [0.2, 0.25) is 10.0 Å². The minimum atomic E-state index is -0.0254. The molecule has 0 aromatic heterocycles. The van der Waals surface area contributed by atoms with Crippen LogP contribution < -0.4 is 5.32 Å². The molecule has 1 N–H and O–H groups in total. The van der Waals surface area contributed by atoms with Crippen molar-refractivity contribution in [3.8, 4) is 0 Å². The Labute approximate surface area is 189 Å². The van der Waals surface area contributed by atoms with Crippen LogP contribution in [-0.2, 0) is 4.79 Å². The summed E-state index contributed by atoms with van der Waals surface area (Å²) >= 11 is 18.3. The van der Waals surface area contributed by atoms with Crippen molar-refractivity contribution < 1.29 is 4.79 Å². The van der Waals surface area contributed by atoms with Crippen LogP contribution in [0.5, 0.6) is 0 Å². The highest BCUT2D eigenvalue weighted by molar-refractivity contribution is 6.35. The Balaban J connectivity index is 1.78. The van der Waals surface area contributed by atoms with Crippen LogP contribution >= 0.6 is 34.8 Å². The number of benzene rings is 1. The van der Waals surface area contributed by atoms with Gasteiger partial charge in [0.1, 0.15) is 0 Å². The molecule has 1 heterocycles. The second-order valence-electron chi connectivity index (χ2n) is 8.08. The Morgan fingerprint density at radius 1 is 1.14 bits per heavy atom. The average molecular weight is 456 g/mol. The third-order valence-corrected chi connectivity index (χ3v) is 6.80. The number of amides is 1. The zero-order valence-electron chi connectivity index (χ0n) is 16.8. The van der Waals surface area contributed by atoms with Gasteiger partial charge in [-0.1, -0.05) is 60.1 Å². The molecule has 1 aromatic rings. The molecular formula is C23H29Cl3N2O. The Bertz CT molecular complexity index is 771. The van der Waals surface area contributed by atoms with Gasteiger partial charge in [-0.25, -0.2) is 0 Å². The molecule has 0 spiro atoms. The molecule has 29 heavy (non-hydrogen) atoms. The molecule has 1 saturated heterocycles. The van der Waals surface area contributed by atoms with Crippen LogP contribution in [0.15, 0.2) is 41.6 Å². The third kappa shape index (κ3) is 5.93. The number of likely N-dealkylation sites (tertiary alicyclic amines) is 1. The van der Waals surface area contributed by atoms with E-state index in [4.69, 9.17) is 34.8 Å². The second kappa shape index (κ2) is 10.7. The number of nitrogens with zero attached hydrogens (tertiary/aromatic N) is 1. The topological polar surface area (TPSA) is 32.3 Å². The van der Waals surface area contributed by atoms with E-state index in [0.29, 0.717) is 22.6 Å². The minimum Gasteiger partial charge on any atom is -0.367 e. The van der Waals surface area contributed by atoms with Crippen molar-refractivity contribution >= 4 is 40.7 Å². The lowest BCUT2D eigenvalue weighted by Crippen LogP contribution is -2.46. The average Bonchev–Trinajstić information content (AvgIpc) is 2.72. The molecule has 2 aliphatic rings. The van der Waals surface area contributed by atoms with Gasteiger partial charge >= 0.3 is 0 Å².